The first-order valence-electron chi connectivity index (χ1n) is 4.56. The van der Waals surface area contributed by atoms with Gasteiger partial charge in [-0.1, -0.05) is 0 Å². The molecule has 2 rings (SSSR count). The minimum Gasteiger partial charge on any atom is -0.506 e. The lowest BCUT2D eigenvalue weighted by Crippen LogP contribution is -2.18. The number of hydrogen-bond donors (Lipinski definition) is 2. The van der Waals surface area contributed by atoms with E-state index in [-0.39, 0.29) is 11.8 Å². The van der Waals surface area contributed by atoms with Crippen molar-refractivity contribution in [2.24, 2.45) is 5.73 Å². The zero-order valence-corrected chi connectivity index (χ0v) is 10.7. The van der Waals surface area contributed by atoms with Crippen molar-refractivity contribution in [1.29, 1.82) is 0 Å². The molecule has 0 fully saturated rings. The Morgan fingerprint density at radius 3 is 2.86 bits per heavy atom. The molecule has 0 bridgehead atoms. The van der Waals surface area contributed by atoms with Crippen molar-refractivity contribution in [1.82, 2.24) is 0 Å². The predicted molar refractivity (Wildman–Crippen MR) is 63.4 cm³/mol. The first-order valence-corrected chi connectivity index (χ1v) is 6.15. The third kappa shape index (κ3) is 1.59. The molecule has 4 heteroatoms. The van der Waals surface area contributed by atoms with Gasteiger partial charge in [-0.15, -0.1) is 0 Å². The maximum absolute atomic E-state index is 9.73. The maximum atomic E-state index is 9.73. The summed E-state index contributed by atoms with van der Waals surface area (Å²) in [6, 6.07) is 2.01. The summed E-state index contributed by atoms with van der Waals surface area (Å²) in [5.41, 5.74) is 8.31. The predicted octanol–water partition coefficient (Wildman–Crippen LogP) is 3.25. The summed E-state index contributed by atoms with van der Waals surface area (Å²) in [6.45, 7) is 0. The van der Waals surface area contributed by atoms with E-state index in [0.29, 0.717) is 0 Å². The summed E-state index contributed by atoms with van der Waals surface area (Å²) >= 11 is 6.72. The Labute approximate surface area is 99.8 Å². The number of nitrogens with two attached hydrogens (primary N) is 1. The Bertz CT molecular complexity index is 379. The number of phenols is 1. The van der Waals surface area contributed by atoms with Gasteiger partial charge >= 0.3 is 0 Å². The number of aryl methyl sites for hydroxylation is 1. The highest BCUT2D eigenvalue weighted by atomic mass is 79.9. The van der Waals surface area contributed by atoms with Crippen molar-refractivity contribution in [3.8, 4) is 5.75 Å². The van der Waals surface area contributed by atoms with Gasteiger partial charge in [0.15, 0.2) is 0 Å². The molecule has 0 radical (unpaired) electrons. The molecule has 0 spiro atoms. The SMILES string of the molecule is N[C@H]1CCCc2cc(Br)c(O)c(Br)c21. The quantitative estimate of drug-likeness (QED) is 0.770. The van der Waals surface area contributed by atoms with Gasteiger partial charge in [0.2, 0.25) is 0 Å². The second-order valence-corrected chi connectivity index (χ2v) is 5.24. The summed E-state index contributed by atoms with van der Waals surface area (Å²) in [5, 5.41) is 9.73. The molecule has 1 aromatic rings. The van der Waals surface area contributed by atoms with E-state index in [1.807, 2.05) is 6.07 Å². The monoisotopic (exact) mass is 319 g/mol. The van der Waals surface area contributed by atoms with E-state index in [2.05, 4.69) is 31.9 Å². The largest absolute Gasteiger partial charge is 0.506 e. The molecule has 0 saturated carbocycles. The topological polar surface area (TPSA) is 46.2 Å². The standard InChI is InChI=1S/C10H11Br2NO/c11-6-4-5-2-1-3-7(13)8(5)9(12)10(6)14/h4,7,14H,1-3,13H2/t7-/m0/s1. The van der Waals surface area contributed by atoms with Gasteiger partial charge in [-0.25, -0.2) is 0 Å². The lowest BCUT2D eigenvalue weighted by atomic mass is 9.88. The number of halogens is 2. The number of fused-ring (bicyclic) bond motifs is 1. The Morgan fingerprint density at radius 2 is 2.14 bits per heavy atom. The number of phenolic OH excluding ortho intramolecular Hbond substituents is 1. The van der Waals surface area contributed by atoms with Crippen LogP contribution in [0.5, 0.6) is 5.75 Å². The normalized spacial score (nSPS) is 20.6. The lowest BCUT2D eigenvalue weighted by molar-refractivity contribution is 0.462. The van der Waals surface area contributed by atoms with E-state index < -0.39 is 0 Å². The Kier molecular flexibility index (Phi) is 2.86. The highest BCUT2D eigenvalue weighted by Gasteiger charge is 2.22. The second kappa shape index (κ2) is 3.83. The average molecular weight is 321 g/mol. The molecule has 0 unspecified atom stereocenters. The Hall–Kier alpha value is -0.0600. The van der Waals surface area contributed by atoms with Gasteiger partial charge in [0.25, 0.3) is 0 Å². The van der Waals surface area contributed by atoms with Crippen LogP contribution in [0, 0.1) is 0 Å². The van der Waals surface area contributed by atoms with Gasteiger partial charge in [-0.05, 0) is 68.3 Å². The van der Waals surface area contributed by atoms with Crippen molar-refractivity contribution >= 4 is 31.9 Å². The van der Waals surface area contributed by atoms with Gasteiger partial charge in [-0.3, -0.25) is 0 Å². The average Bonchev–Trinajstić information content (AvgIpc) is 2.14. The first-order chi connectivity index (χ1) is 6.61. The van der Waals surface area contributed by atoms with Crippen molar-refractivity contribution in [2.75, 3.05) is 0 Å². The number of rotatable bonds is 0. The van der Waals surface area contributed by atoms with Crippen LogP contribution in [0.1, 0.15) is 30.0 Å². The van der Waals surface area contributed by atoms with Crippen molar-refractivity contribution < 1.29 is 5.11 Å². The van der Waals surface area contributed by atoms with E-state index in [1.165, 1.54) is 5.56 Å². The Morgan fingerprint density at radius 1 is 1.43 bits per heavy atom. The molecule has 0 aliphatic heterocycles. The zero-order chi connectivity index (χ0) is 10.3. The van der Waals surface area contributed by atoms with Crippen LogP contribution in [0.15, 0.2) is 15.0 Å². The summed E-state index contributed by atoms with van der Waals surface area (Å²) in [5.74, 6) is 0.251. The molecule has 1 atom stereocenters. The molecular weight excluding hydrogens is 310 g/mol. The van der Waals surface area contributed by atoms with Crippen LogP contribution >= 0.6 is 31.9 Å². The van der Waals surface area contributed by atoms with Gasteiger partial charge in [0.05, 0.1) is 8.95 Å². The van der Waals surface area contributed by atoms with Crippen LogP contribution in [0.4, 0.5) is 0 Å². The van der Waals surface area contributed by atoms with Crippen LogP contribution in [-0.2, 0) is 6.42 Å². The van der Waals surface area contributed by atoms with Crippen molar-refractivity contribution in [2.45, 2.75) is 25.3 Å². The molecule has 14 heavy (non-hydrogen) atoms. The molecule has 2 nitrogen and oxygen atoms in total. The van der Waals surface area contributed by atoms with Crippen LogP contribution in [0.3, 0.4) is 0 Å². The fourth-order valence-electron chi connectivity index (χ4n) is 1.94. The van der Waals surface area contributed by atoms with Crippen molar-refractivity contribution in [3.05, 3.63) is 26.1 Å². The minimum absolute atomic E-state index is 0.0483. The van der Waals surface area contributed by atoms with Crippen LogP contribution in [0.2, 0.25) is 0 Å². The summed E-state index contributed by atoms with van der Waals surface area (Å²) in [7, 11) is 0. The van der Waals surface area contributed by atoms with Gasteiger partial charge in [-0.2, -0.15) is 0 Å². The van der Waals surface area contributed by atoms with E-state index in [1.54, 1.807) is 0 Å². The molecular formula is C10H11Br2NO. The van der Waals surface area contributed by atoms with E-state index in [4.69, 9.17) is 5.73 Å². The molecule has 3 N–H and O–H groups in total. The van der Waals surface area contributed by atoms with E-state index in [9.17, 15) is 5.11 Å². The van der Waals surface area contributed by atoms with E-state index in [0.717, 1.165) is 33.8 Å². The molecule has 76 valence electrons. The summed E-state index contributed by atoms with van der Waals surface area (Å²) < 4.78 is 1.48. The molecule has 1 aliphatic carbocycles. The van der Waals surface area contributed by atoms with Gasteiger partial charge in [0, 0.05) is 6.04 Å². The number of aromatic hydroxyl groups is 1. The maximum Gasteiger partial charge on any atom is 0.144 e. The zero-order valence-electron chi connectivity index (χ0n) is 7.56. The second-order valence-electron chi connectivity index (χ2n) is 3.59. The molecule has 0 heterocycles. The van der Waals surface area contributed by atoms with Gasteiger partial charge in [0.1, 0.15) is 5.75 Å². The Balaban J connectivity index is 2.64. The minimum atomic E-state index is 0.0483. The summed E-state index contributed by atoms with van der Waals surface area (Å²) in [6.07, 6.45) is 3.16. The van der Waals surface area contributed by atoms with Gasteiger partial charge < -0.3 is 10.8 Å². The summed E-state index contributed by atoms with van der Waals surface area (Å²) in [4.78, 5) is 0. The molecule has 1 aliphatic rings. The number of hydrogen-bond acceptors (Lipinski definition) is 2. The van der Waals surface area contributed by atoms with E-state index >= 15 is 0 Å². The molecule has 0 aromatic heterocycles. The van der Waals surface area contributed by atoms with Crippen molar-refractivity contribution in [3.63, 3.8) is 0 Å². The highest BCUT2D eigenvalue weighted by molar-refractivity contribution is 9.11. The third-order valence-corrected chi connectivity index (χ3v) is 4.06. The first kappa shape index (κ1) is 10.5. The fraction of sp³-hybridized carbons (Fsp3) is 0.400. The third-order valence-electron chi connectivity index (χ3n) is 2.65. The molecule has 0 saturated heterocycles. The highest BCUT2D eigenvalue weighted by Crippen LogP contribution is 2.42. The van der Waals surface area contributed by atoms with Crippen LogP contribution < -0.4 is 5.73 Å². The lowest BCUT2D eigenvalue weighted by Gasteiger charge is -2.24. The number of benzene rings is 1. The van der Waals surface area contributed by atoms with Crippen LogP contribution in [0.25, 0.3) is 0 Å². The fourth-order valence-corrected chi connectivity index (χ4v) is 3.44. The molecule has 0 amide bonds. The van der Waals surface area contributed by atoms with Crippen LogP contribution in [-0.4, -0.2) is 5.11 Å². The smallest absolute Gasteiger partial charge is 0.144 e. The molecule has 1 aromatic carbocycles.